The van der Waals surface area contributed by atoms with Crippen molar-refractivity contribution in [3.05, 3.63) is 60.4 Å². The van der Waals surface area contributed by atoms with Crippen LogP contribution in [-0.4, -0.2) is 55.8 Å². The number of nitrogens with zero attached hydrogens (tertiary/aromatic N) is 2. The molecule has 0 aromatic heterocycles. The van der Waals surface area contributed by atoms with Crippen molar-refractivity contribution < 1.29 is 22.3 Å². The van der Waals surface area contributed by atoms with Crippen LogP contribution in [0.15, 0.2) is 59.5 Å². The molecule has 2 aromatic carbocycles. The van der Waals surface area contributed by atoms with Crippen molar-refractivity contribution in [1.29, 1.82) is 0 Å². The third-order valence-electron chi connectivity index (χ3n) is 4.41. The van der Waals surface area contributed by atoms with Crippen molar-refractivity contribution in [1.82, 2.24) is 9.21 Å². The smallest absolute Gasteiger partial charge is 0.263 e. The summed E-state index contributed by atoms with van der Waals surface area (Å²) in [5, 5.41) is 0. The predicted molar refractivity (Wildman–Crippen MR) is 98.3 cm³/mol. The van der Waals surface area contributed by atoms with E-state index in [4.69, 9.17) is 4.74 Å². The lowest BCUT2D eigenvalue weighted by Crippen LogP contribution is -2.53. The SMILES string of the molecule is CC(Oc1ccccc1)C(=O)N1CCN(S(=O)(=O)c2ccccc2F)CC1. The van der Waals surface area contributed by atoms with E-state index in [9.17, 15) is 17.6 Å². The number of sulfonamides is 1. The zero-order valence-corrected chi connectivity index (χ0v) is 15.7. The van der Waals surface area contributed by atoms with E-state index in [0.717, 1.165) is 6.07 Å². The first-order valence-corrected chi connectivity index (χ1v) is 10.1. The van der Waals surface area contributed by atoms with Gasteiger partial charge in [-0.1, -0.05) is 30.3 Å². The largest absolute Gasteiger partial charge is 0.481 e. The number of halogens is 1. The van der Waals surface area contributed by atoms with Gasteiger partial charge in [-0.15, -0.1) is 0 Å². The van der Waals surface area contributed by atoms with Crippen molar-refractivity contribution in [3.63, 3.8) is 0 Å². The van der Waals surface area contributed by atoms with Gasteiger partial charge in [0.15, 0.2) is 6.10 Å². The first kappa shape index (κ1) is 19.3. The van der Waals surface area contributed by atoms with Gasteiger partial charge in [-0.2, -0.15) is 4.31 Å². The number of rotatable bonds is 5. The second-order valence-corrected chi connectivity index (χ2v) is 8.14. The third-order valence-corrected chi connectivity index (χ3v) is 6.34. The van der Waals surface area contributed by atoms with Gasteiger partial charge < -0.3 is 9.64 Å². The Balaban J connectivity index is 1.61. The Morgan fingerprint density at radius 2 is 1.59 bits per heavy atom. The molecule has 1 atom stereocenters. The molecule has 27 heavy (non-hydrogen) atoms. The maximum atomic E-state index is 13.9. The van der Waals surface area contributed by atoms with E-state index in [1.807, 2.05) is 18.2 Å². The van der Waals surface area contributed by atoms with Crippen LogP contribution in [0.3, 0.4) is 0 Å². The molecule has 1 heterocycles. The van der Waals surface area contributed by atoms with Gasteiger partial charge in [0.1, 0.15) is 16.5 Å². The predicted octanol–water partition coefficient (Wildman–Crippen LogP) is 2.13. The minimum atomic E-state index is -3.92. The molecule has 144 valence electrons. The van der Waals surface area contributed by atoms with Crippen LogP contribution < -0.4 is 4.74 Å². The van der Waals surface area contributed by atoms with E-state index in [0.29, 0.717) is 5.75 Å². The Bertz CT molecular complexity index is 897. The second-order valence-electron chi connectivity index (χ2n) is 6.23. The normalized spacial score (nSPS) is 16.7. The summed E-state index contributed by atoms with van der Waals surface area (Å²) >= 11 is 0. The molecule has 0 saturated carbocycles. The van der Waals surface area contributed by atoms with Crippen LogP contribution in [-0.2, 0) is 14.8 Å². The lowest BCUT2D eigenvalue weighted by atomic mass is 10.3. The number of para-hydroxylation sites is 1. The van der Waals surface area contributed by atoms with Crippen LogP contribution in [0, 0.1) is 5.82 Å². The topological polar surface area (TPSA) is 66.9 Å². The van der Waals surface area contributed by atoms with Crippen molar-refractivity contribution in [2.45, 2.75) is 17.9 Å². The van der Waals surface area contributed by atoms with E-state index in [2.05, 4.69) is 0 Å². The molecule has 0 aliphatic carbocycles. The zero-order chi connectivity index (χ0) is 19.4. The number of carbonyl (C=O) groups excluding carboxylic acids is 1. The number of piperazine rings is 1. The first-order chi connectivity index (χ1) is 12.9. The standard InChI is InChI=1S/C19H21FN2O4S/c1-15(26-16-7-3-2-4-8-16)19(23)21-11-13-22(14-12-21)27(24,25)18-10-6-5-9-17(18)20/h2-10,15H,11-14H2,1H3. The first-order valence-electron chi connectivity index (χ1n) is 8.65. The Labute approximate surface area is 158 Å². The summed E-state index contributed by atoms with van der Waals surface area (Å²) in [5.41, 5.74) is 0. The van der Waals surface area contributed by atoms with Gasteiger partial charge in [0.2, 0.25) is 10.0 Å². The highest BCUT2D eigenvalue weighted by molar-refractivity contribution is 7.89. The number of carbonyl (C=O) groups is 1. The van der Waals surface area contributed by atoms with Crippen molar-refractivity contribution in [2.24, 2.45) is 0 Å². The summed E-state index contributed by atoms with van der Waals surface area (Å²) in [7, 11) is -3.92. The van der Waals surface area contributed by atoms with Crippen LogP contribution in [0.5, 0.6) is 5.75 Å². The summed E-state index contributed by atoms with van der Waals surface area (Å²) in [6.45, 7) is 2.35. The van der Waals surface area contributed by atoms with Gasteiger partial charge in [-0.3, -0.25) is 4.79 Å². The Morgan fingerprint density at radius 1 is 1.00 bits per heavy atom. The number of benzene rings is 2. The molecular weight excluding hydrogens is 371 g/mol. The maximum Gasteiger partial charge on any atom is 0.263 e. The molecule has 1 unspecified atom stereocenters. The summed E-state index contributed by atoms with van der Waals surface area (Å²) in [6, 6.07) is 14.3. The van der Waals surface area contributed by atoms with Crippen molar-refractivity contribution in [3.8, 4) is 5.75 Å². The molecule has 6 nitrogen and oxygen atoms in total. The highest BCUT2D eigenvalue weighted by Crippen LogP contribution is 2.21. The van der Waals surface area contributed by atoms with Crippen molar-refractivity contribution >= 4 is 15.9 Å². The quantitative estimate of drug-likeness (QED) is 0.782. The number of ether oxygens (including phenoxy) is 1. The lowest BCUT2D eigenvalue weighted by Gasteiger charge is -2.35. The van der Waals surface area contributed by atoms with Crippen LogP contribution in [0.4, 0.5) is 4.39 Å². The minimum Gasteiger partial charge on any atom is -0.481 e. The molecule has 0 bridgehead atoms. The number of amides is 1. The van der Waals surface area contributed by atoms with E-state index in [-0.39, 0.29) is 37.0 Å². The third kappa shape index (κ3) is 4.28. The molecule has 2 aromatic rings. The molecule has 1 aliphatic heterocycles. The van der Waals surface area contributed by atoms with E-state index in [1.165, 1.54) is 22.5 Å². The summed E-state index contributed by atoms with van der Waals surface area (Å²) in [5.74, 6) is -0.387. The van der Waals surface area contributed by atoms with E-state index >= 15 is 0 Å². The van der Waals surface area contributed by atoms with Crippen LogP contribution in [0.25, 0.3) is 0 Å². The molecule has 1 aliphatic rings. The summed E-state index contributed by atoms with van der Waals surface area (Å²) in [4.78, 5) is 13.8. The average molecular weight is 392 g/mol. The van der Waals surface area contributed by atoms with Gasteiger partial charge in [0.05, 0.1) is 0 Å². The molecule has 1 saturated heterocycles. The van der Waals surface area contributed by atoms with Gasteiger partial charge in [0, 0.05) is 26.2 Å². The fourth-order valence-electron chi connectivity index (χ4n) is 2.95. The summed E-state index contributed by atoms with van der Waals surface area (Å²) < 4.78 is 45.9. The Morgan fingerprint density at radius 3 is 2.22 bits per heavy atom. The Hall–Kier alpha value is -2.45. The molecule has 1 amide bonds. The molecule has 1 fully saturated rings. The van der Waals surface area contributed by atoms with E-state index in [1.54, 1.807) is 24.0 Å². The molecular formula is C19H21FN2O4S. The molecule has 0 N–H and O–H groups in total. The van der Waals surface area contributed by atoms with E-state index < -0.39 is 21.9 Å². The molecule has 8 heteroatoms. The fourth-order valence-corrected chi connectivity index (χ4v) is 4.44. The zero-order valence-electron chi connectivity index (χ0n) is 14.9. The number of hydrogen-bond acceptors (Lipinski definition) is 4. The summed E-state index contributed by atoms with van der Waals surface area (Å²) in [6.07, 6.45) is -0.679. The fraction of sp³-hybridized carbons (Fsp3) is 0.316. The van der Waals surface area contributed by atoms with Gasteiger partial charge in [-0.25, -0.2) is 12.8 Å². The van der Waals surface area contributed by atoms with Crippen molar-refractivity contribution in [2.75, 3.05) is 26.2 Å². The highest BCUT2D eigenvalue weighted by Gasteiger charge is 2.33. The van der Waals surface area contributed by atoms with Gasteiger partial charge in [-0.05, 0) is 31.2 Å². The highest BCUT2D eigenvalue weighted by atomic mass is 32.2. The van der Waals surface area contributed by atoms with Crippen LogP contribution in [0.1, 0.15) is 6.92 Å². The molecule has 0 radical (unpaired) electrons. The monoisotopic (exact) mass is 392 g/mol. The van der Waals surface area contributed by atoms with Gasteiger partial charge >= 0.3 is 0 Å². The second kappa shape index (κ2) is 8.06. The average Bonchev–Trinajstić information content (AvgIpc) is 2.68. The molecule has 0 spiro atoms. The maximum absolute atomic E-state index is 13.9. The van der Waals surface area contributed by atoms with Gasteiger partial charge in [0.25, 0.3) is 5.91 Å². The Kier molecular flexibility index (Phi) is 5.76. The molecule has 3 rings (SSSR count). The minimum absolute atomic E-state index is 0.112. The lowest BCUT2D eigenvalue weighted by molar-refractivity contribution is -0.139. The number of hydrogen-bond donors (Lipinski definition) is 0. The van der Waals surface area contributed by atoms with Crippen LogP contribution in [0.2, 0.25) is 0 Å². The van der Waals surface area contributed by atoms with Crippen LogP contribution >= 0.6 is 0 Å².